The third kappa shape index (κ3) is 2.70. The number of hydrogen-bond acceptors (Lipinski definition) is 3. The maximum atomic E-state index is 11.1. The molecule has 4 heteroatoms. The van der Waals surface area contributed by atoms with Gasteiger partial charge in [0.2, 0.25) is 0 Å². The highest BCUT2D eigenvalue weighted by atomic mass is 32.1. The molecule has 1 aromatic heterocycles. The van der Waals surface area contributed by atoms with E-state index in [1.54, 1.807) is 25.2 Å². The number of aryl methyl sites for hydroxylation is 2. The van der Waals surface area contributed by atoms with Crippen LogP contribution >= 0.6 is 11.3 Å². The monoisotopic (exact) mass is 263 g/mol. The lowest BCUT2D eigenvalue weighted by molar-refractivity contribution is -0.147. The maximum absolute atomic E-state index is 11.1. The van der Waals surface area contributed by atoms with Gasteiger partial charge in [0.25, 0.3) is 0 Å². The van der Waals surface area contributed by atoms with Crippen molar-refractivity contribution in [1.29, 1.82) is 0 Å². The summed E-state index contributed by atoms with van der Waals surface area (Å²) in [6.45, 7) is 5.54. The van der Waals surface area contributed by atoms with E-state index in [9.17, 15) is 4.79 Å². The number of carbonyl (C=O) groups is 1. The zero-order chi connectivity index (χ0) is 13.3. The van der Waals surface area contributed by atoms with Gasteiger partial charge in [-0.2, -0.15) is 0 Å². The van der Waals surface area contributed by atoms with Gasteiger partial charge in [0.1, 0.15) is 0 Å². The number of benzene rings is 1. The second kappa shape index (κ2) is 4.69. The molecule has 1 N–H and O–H groups in total. The topological polar surface area (TPSA) is 50.2 Å². The predicted octanol–water partition coefficient (Wildman–Crippen LogP) is 3.65. The van der Waals surface area contributed by atoms with Crippen molar-refractivity contribution in [2.45, 2.75) is 33.6 Å². The Kier molecular flexibility index (Phi) is 3.39. The van der Waals surface area contributed by atoms with Crippen LogP contribution in [-0.4, -0.2) is 16.1 Å². The fourth-order valence-electron chi connectivity index (χ4n) is 1.80. The first kappa shape index (κ1) is 13.0. The van der Waals surface area contributed by atoms with Crippen LogP contribution in [0.15, 0.2) is 18.2 Å². The molecule has 0 amide bonds. The molecule has 0 radical (unpaired) electrons. The number of carboxylic acid groups (broad SMARTS) is 1. The van der Waals surface area contributed by atoms with E-state index in [-0.39, 0.29) is 0 Å². The number of hydrogen-bond donors (Lipinski definition) is 1. The van der Waals surface area contributed by atoms with Gasteiger partial charge in [0, 0.05) is 0 Å². The van der Waals surface area contributed by atoms with E-state index >= 15 is 0 Å². The van der Waals surface area contributed by atoms with Crippen molar-refractivity contribution in [3.63, 3.8) is 0 Å². The summed E-state index contributed by atoms with van der Waals surface area (Å²) in [4.78, 5) is 15.5. The molecule has 0 saturated heterocycles. The number of aliphatic carboxylic acids is 1. The quantitative estimate of drug-likeness (QED) is 0.916. The van der Waals surface area contributed by atoms with Crippen molar-refractivity contribution in [2.75, 3.05) is 0 Å². The Balaban J connectivity index is 2.15. The summed E-state index contributed by atoms with van der Waals surface area (Å²) in [5.41, 5.74) is 1.54. The average Bonchev–Trinajstić information content (AvgIpc) is 2.65. The number of nitrogens with zero attached hydrogens (tertiary/aromatic N) is 1. The third-order valence-corrected chi connectivity index (χ3v) is 4.11. The molecular weight excluding hydrogens is 246 g/mol. The summed E-state index contributed by atoms with van der Waals surface area (Å²) >= 11 is 1.68. The fourth-order valence-corrected chi connectivity index (χ4v) is 2.69. The Bertz CT molecular complexity index is 586. The highest BCUT2D eigenvalue weighted by Gasteiger charge is 2.26. The van der Waals surface area contributed by atoms with E-state index in [2.05, 4.69) is 11.1 Å². The van der Waals surface area contributed by atoms with Gasteiger partial charge in [-0.15, -0.1) is 11.3 Å². The van der Waals surface area contributed by atoms with Crippen LogP contribution in [0, 0.1) is 12.3 Å². The van der Waals surface area contributed by atoms with E-state index in [0.717, 1.165) is 16.9 Å². The fraction of sp³-hybridized carbons (Fsp3) is 0.429. The molecule has 2 rings (SSSR count). The average molecular weight is 263 g/mol. The lowest BCUT2D eigenvalue weighted by Crippen LogP contribution is -2.24. The van der Waals surface area contributed by atoms with Gasteiger partial charge < -0.3 is 5.11 Å². The second-order valence-electron chi connectivity index (χ2n) is 5.22. The van der Waals surface area contributed by atoms with Crippen LogP contribution in [0.1, 0.15) is 30.8 Å². The highest BCUT2D eigenvalue weighted by molar-refractivity contribution is 7.18. The summed E-state index contributed by atoms with van der Waals surface area (Å²) in [5, 5.41) is 10.1. The molecule has 0 aliphatic heterocycles. The van der Waals surface area contributed by atoms with Crippen LogP contribution in [0.5, 0.6) is 0 Å². The van der Waals surface area contributed by atoms with Crippen LogP contribution in [0.4, 0.5) is 0 Å². The summed E-state index contributed by atoms with van der Waals surface area (Å²) < 4.78 is 1.18. The highest BCUT2D eigenvalue weighted by Crippen LogP contribution is 2.26. The molecule has 0 aliphatic rings. The summed E-state index contributed by atoms with van der Waals surface area (Å²) in [5.74, 6) is -0.739. The molecule has 1 heterocycles. The molecule has 0 aliphatic carbocycles. The minimum atomic E-state index is -0.739. The molecule has 1 aromatic carbocycles. The van der Waals surface area contributed by atoms with E-state index in [4.69, 9.17) is 5.11 Å². The molecular formula is C14H17NO2S. The first-order valence-corrected chi connectivity index (χ1v) is 6.79. The molecule has 0 bridgehead atoms. The first-order chi connectivity index (χ1) is 8.38. The Hall–Kier alpha value is -1.42. The Morgan fingerprint density at radius 1 is 1.44 bits per heavy atom. The molecule has 0 unspecified atom stereocenters. The molecule has 0 spiro atoms. The van der Waals surface area contributed by atoms with E-state index in [1.165, 1.54) is 10.3 Å². The molecule has 0 saturated carbocycles. The van der Waals surface area contributed by atoms with Crippen LogP contribution in [0.3, 0.4) is 0 Å². The van der Waals surface area contributed by atoms with Crippen LogP contribution in [-0.2, 0) is 11.2 Å². The third-order valence-electron chi connectivity index (χ3n) is 3.18. The number of carboxylic acids is 1. The Morgan fingerprint density at radius 3 is 2.83 bits per heavy atom. The van der Waals surface area contributed by atoms with Crippen molar-refractivity contribution in [1.82, 2.24) is 4.98 Å². The number of aromatic nitrogens is 1. The number of thiazole rings is 1. The van der Waals surface area contributed by atoms with E-state index in [1.807, 2.05) is 19.1 Å². The van der Waals surface area contributed by atoms with Gasteiger partial charge in [-0.25, -0.2) is 4.98 Å². The van der Waals surface area contributed by atoms with Crippen LogP contribution < -0.4 is 0 Å². The molecule has 0 atom stereocenters. The van der Waals surface area contributed by atoms with Gasteiger partial charge >= 0.3 is 5.97 Å². The van der Waals surface area contributed by atoms with Gasteiger partial charge in [0.15, 0.2) is 0 Å². The lowest BCUT2D eigenvalue weighted by atomic mass is 9.86. The second-order valence-corrected chi connectivity index (χ2v) is 6.46. The maximum Gasteiger partial charge on any atom is 0.309 e. The van der Waals surface area contributed by atoms with Crippen molar-refractivity contribution < 1.29 is 9.90 Å². The summed E-state index contributed by atoms with van der Waals surface area (Å²) in [7, 11) is 0. The largest absolute Gasteiger partial charge is 0.481 e. The Labute approximate surface area is 110 Å². The summed E-state index contributed by atoms with van der Waals surface area (Å²) in [6, 6.07) is 6.18. The first-order valence-electron chi connectivity index (χ1n) is 5.98. The molecule has 96 valence electrons. The van der Waals surface area contributed by atoms with Gasteiger partial charge in [-0.05, 0) is 51.3 Å². The van der Waals surface area contributed by atoms with Gasteiger partial charge in [-0.1, -0.05) is 6.07 Å². The minimum Gasteiger partial charge on any atom is -0.481 e. The zero-order valence-electron chi connectivity index (χ0n) is 10.9. The SMILES string of the molecule is Cc1nc2ccc(CCC(C)(C)C(=O)O)cc2s1. The van der Waals surface area contributed by atoms with Crippen LogP contribution in [0.25, 0.3) is 10.2 Å². The van der Waals surface area contributed by atoms with Crippen molar-refractivity contribution >= 4 is 27.5 Å². The predicted molar refractivity (Wildman–Crippen MR) is 74.1 cm³/mol. The normalized spacial score (nSPS) is 11.9. The van der Waals surface area contributed by atoms with Crippen molar-refractivity contribution in [3.8, 4) is 0 Å². The van der Waals surface area contributed by atoms with E-state index in [0.29, 0.717) is 6.42 Å². The number of fused-ring (bicyclic) bond motifs is 1. The molecule has 18 heavy (non-hydrogen) atoms. The van der Waals surface area contributed by atoms with Gasteiger partial charge in [-0.3, -0.25) is 4.79 Å². The standard InChI is InChI=1S/C14H17NO2S/c1-9-15-11-5-4-10(8-12(11)18-9)6-7-14(2,3)13(16)17/h4-5,8H,6-7H2,1-3H3,(H,16,17). The zero-order valence-corrected chi connectivity index (χ0v) is 11.7. The number of rotatable bonds is 4. The smallest absolute Gasteiger partial charge is 0.309 e. The minimum absolute atomic E-state index is 0.644. The van der Waals surface area contributed by atoms with Crippen molar-refractivity contribution in [3.05, 3.63) is 28.8 Å². The molecule has 0 fully saturated rings. The molecule has 3 nitrogen and oxygen atoms in total. The van der Waals surface area contributed by atoms with E-state index < -0.39 is 11.4 Å². The van der Waals surface area contributed by atoms with Crippen LogP contribution in [0.2, 0.25) is 0 Å². The van der Waals surface area contributed by atoms with Gasteiger partial charge in [0.05, 0.1) is 20.6 Å². The molecule has 2 aromatic rings. The lowest BCUT2D eigenvalue weighted by Gasteiger charge is -2.18. The van der Waals surface area contributed by atoms with Crippen molar-refractivity contribution in [2.24, 2.45) is 5.41 Å². The Morgan fingerprint density at radius 2 is 2.17 bits per heavy atom. The summed E-state index contributed by atoms with van der Waals surface area (Å²) in [6.07, 6.45) is 1.43.